The van der Waals surface area contributed by atoms with Crippen LogP contribution >= 0.6 is 11.3 Å². The normalized spacial score (nSPS) is 14.8. The number of ether oxygens (including phenoxy) is 3. The van der Waals surface area contributed by atoms with Crippen molar-refractivity contribution >= 4 is 34.2 Å². The summed E-state index contributed by atoms with van der Waals surface area (Å²) in [6.07, 6.45) is 1.83. The molecule has 0 radical (unpaired) electrons. The first-order valence-electron chi connectivity index (χ1n) is 14.0. The van der Waals surface area contributed by atoms with E-state index in [-0.39, 0.29) is 12.2 Å². The molecule has 0 fully saturated rings. The van der Waals surface area contributed by atoms with Gasteiger partial charge < -0.3 is 14.2 Å². The summed E-state index contributed by atoms with van der Waals surface area (Å²) in [6.45, 7) is 4.18. The van der Waals surface area contributed by atoms with Crippen LogP contribution in [0.1, 0.15) is 36.6 Å². The quantitative estimate of drug-likeness (QED) is 0.222. The van der Waals surface area contributed by atoms with Crippen LogP contribution in [-0.4, -0.2) is 24.3 Å². The van der Waals surface area contributed by atoms with Gasteiger partial charge in [0.05, 0.1) is 29.5 Å². The summed E-state index contributed by atoms with van der Waals surface area (Å²) < 4.78 is 19.2. The zero-order chi connectivity index (χ0) is 29.9. The highest BCUT2D eigenvalue weighted by molar-refractivity contribution is 7.07. The molecule has 0 aliphatic carbocycles. The fourth-order valence-corrected chi connectivity index (χ4v) is 6.42. The highest BCUT2D eigenvalue weighted by atomic mass is 32.1. The number of allylic oxidation sites excluding steroid dienone is 1. The van der Waals surface area contributed by atoms with Gasteiger partial charge in [-0.05, 0) is 60.0 Å². The number of rotatable bonds is 8. The van der Waals surface area contributed by atoms with Crippen LogP contribution in [0.3, 0.4) is 0 Å². The highest BCUT2D eigenvalue weighted by Crippen LogP contribution is 2.35. The van der Waals surface area contributed by atoms with Gasteiger partial charge in [0.25, 0.3) is 5.56 Å². The molecule has 1 aliphatic rings. The molecule has 2 heterocycles. The van der Waals surface area contributed by atoms with Crippen LogP contribution in [0, 0.1) is 0 Å². The van der Waals surface area contributed by atoms with Crippen molar-refractivity contribution in [1.29, 1.82) is 0 Å². The molecule has 216 valence electrons. The zero-order valence-electron chi connectivity index (χ0n) is 24.1. The number of para-hydroxylation sites is 1. The molecule has 1 atom stereocenters. The Balaban J connectivity index is 1.33. The molecule has 4 aromatic carbocycles. The fraction of sp³-hybridized carbons (Fsp3) is 0.171. The first kappa shape index (κ1) is 28.2. The van der Waals surface area contributed by atoms with Crippen LogP contribution in [0.4, 0.5) is 0 Å². The smallest absolute Gasteiger partial charge is 0.338 e. The number of thiazole rings is 1. The number of hydrogen-bond acceptors (Lipinski definition) is 7. The Hall–Kier alpha value is -4.95. The molecule has 7 nitrogen and oxygen atoms in total. The van der Waals surface area contributed by atoms with Crippen LogP contribution in [0.25, 0.3) is 16.8 Å². The molecule has 0 N–H and O–H groups in total. The number of esters is 1. The lowest BCUT2D eigenvalue weighted by Gasteiger charge is -2.25. The minimum atomic E-state index is -0.738. The maximum absolute atomic E-state index is 13.9. The Bertz CT molecular complexity index is 2030. The summed E-state index contributed by atoms with van der Waals surface area (Å²) in [5.41, 5.74) is 3.23. The molecule has 1 aromatic heterocycles. The van der Waals surface area contributed by atoms with Gasteiger partial charge in [-0.1, -0.05) is 84.1 Å². The molecule has 5 aromatic rings. The lowest BCUT2D eigenvalue weighted by atomic mass is 9.95. The third-order valence-electron chi connectivity index (χ3n) is 7.40. The van der Waals surface area contributed by atoms with Crippen LogP contribution in [0.2, 0.25) is 0 Å². The second-order valence-corrected chi connectivity index (χ2v) is 11.0. The standard InChI is InChI=1S/C35H30N2O5S/c1-4-41-34(39)31-22(2)36-35-37(32(31)28-14-7-8-15-29(28)40-3)33(38)30(43-35)20-23-16-18-26(19-17-23)42-21-25-12-9-11-24-10-5-6-13-27(24)25/h5-20,32H,4,21H2,1-3H3/b30-20+. The molecule has 0 amide bonds. The number of aromatic nitrogens is 1. The Morgan fingerprint density at radius 2 is 1.72 bits per heavy atom. The van der Waals surface area contributed by atoms with Gasteiger partial charge in [0.15, 0.2) is 4.80 Å². The average Bonchev–Trinajstić information content (AvgIpc) is 3.33. The highest BCUT2D eigenvalue weighted by Gasteiger charge is 2.34. The molecule has 1 aliphatic heterocycles. The second kappa shape index (κ2) is 12.1. The van der Waals surface area contributed by atoms with Crippen LogP contribution < -0.4 is 24.4 Å². The zero-order valence-corrected chi connectivity index (χ0v) is 24.9. The average molecular weight is 591 g/mol. The fourth-order valence-electron chi connectivity index (χ4n) is 5.37. The third kappa shape index (κ3) is 5.49. The molecule has 0 saturated carbocycles. The molecule has 43 heavy (non-hydrogen) atoms. The Morgan fingerprint density at radius 3 is 2.51 bits per heavy atom. The largest absolute Gasteiger partial charge is 0.496 e. The molecular weight excluding hydrogens is 560 g/mol. The second-order valence-electron chi connectivity index (χ2n) is 10.0. The van der Waals surface area contributed by atoms with E-state index < -0.39 is 12.0 Å². The first-order chi connectivity index (χ1) is 21.0. The lowest BCUT2D eigenvalue weighted by Crippen LogP contribution is -2.40. The summed E-state index contributed by atoms with van der Waals surface area (Å²) in [5, 5.41) is 2.35. The third-order valence-corrected chi connectivity index (χ3v) is 8.39. The van der Waals surface area contributed by atoms with Crippen molar-refractivity contribution in [2.45, 2.75) is 26.5 Å². The van der Waals surface area contributed by atoms with E-state index in [1.165, 1.54) is 22.1 Å². The number of nitrogens with zero attached hydrogens (tertiary/aromatic N) is 2. The van der Waals surface area contributed by atoms with Gasteiger partial charge in [0, 0.05) is 5.56 Å². The Labute approximate surface area is 252 Å². The molecule has 0 spiro atoms. The molecule has 0 saturated heterocycles. The van der Waals surface area contributed by atoms with Crippen molar-refractivity contribution in [1.82, 2.24) is 4.57 Å². The molecule has 8 heteroatoms. The van der Waals surface area contributed by atoms with E-state index in [0.717, 1.165) is 16.9 Å². The van der Waals surface area contributed by atoms with Gasteiger partial charge in [0.1, 0.15) is 24.1 Å². The molecule has 6 rings (SSSR count). The molecular formula is C35H30N2O5S. The van der Waals surface area contributed by atoms with E-state index in [1.807, 2.05) is 72.8 Å². The number of benzene rings is 4. The van der Waals surface area contributed by atoms with Crippen LogP contribution in [0.15, 0.2) is 112 Å². The monoisotopic (exact) mass is 590 g/mol. The van der Waals surface area contributed by atoms with E-state index in [0.29, 0.717) is 38.5 Å². The topological polar surface area (TPSA) is 79.1 Å². The number of carbonyl (C=O) groups is 1. The van der Waals surface area contributed by atoms with E-state index in [4.69, 9.17) is 14.2 Å². The minimum absolute atomic E-state index is 0.209. The van der Waals surface area contributed by atoms with Gasteiger partial charge in [-0.15, -0.1) is 0 Å². The predicted octanol–water partition coefficient (Wildman–Crippen LogP) is 5.54. The van der Waals surface area contributed by atoms with Crippen LogP contribution in [0.5, 0.6) is 11.5 Å². The van der Waals surface area contributed by atoms with E-state index >= 15 is 0 Å². The summed E-state index contributed by atoms with van der Waals surface area (Å²) in [7, 11) is 1.57. The summed E-state index contributed by atoms with van der Waals surface area (Å²) >= 11 is 1.28. The van der Waals surface area contributed by atoms with Crippen molar-refractivity contribution in [3.05, 3.63) is 139 Å². The van der Waals surface area contributed by atoms with Crippen molar-refractivity contribution in [2.75, 3.05) is 13.7 Å². The molecule has 1 unspecified atom stereocenters. The molecule has 0 bridgehead atoms. The maximum Gasteiger partial charge on any atom is 0.338 e. The van der Waals surface area contributed by atoms with Gasteiger partial charge in [-0.25, -0.2) is 9.79 Å². The number of fused-ring (bicyclic) bond motifs is 2. The summed E-state index contributed by atoms with van der Waals surface area (Å²) in [4.78, 5) is 32.2. The van der Waals surface area contributed by atoms with E-state index in [1.54, 1.807) is 25.5 Å². The minimum Gasteiger partial charge on any atom is -0.496 e. The summed E-state index contributed by atoms with van der Waals surface area (Å²) in [5.74, 6) is 0.795. The van der Waals surface area contributed by atoms with Crippen molar-refractivity contribution in [3.63, 3.8) is 0 Å². The Kier molecular flexibility index (Phi) is 7.94. The number of methoxy groups -OCH3 is 1. The first-order valence-corrected chi connectivity index (χ1v) is 14.8. The lowest BCUT2D eigenvalue weighted by molar-refractivity contribution is -0.139. The van der Waals surface area contributed by atoms with Crippen molar-refractivity contribution in [3.8, 4) is 11.5 Å². The predicted molar refractivity (Wildman–Crippen MR) is 168 cm³/mol. The van der Waals surface area contributed by atoms with Gasteiger partial charge in [-0.2, -0.15) is 0 Å². The number of hydrogen-bond donors (Lipinski definition) is 0. The number of carbonyl (C=O) groups excluding carboxylic acids is 1. The Morgan fingerprint density at radius 1 is 0.977 bits per heavy atom. The van der Waals surface area contributed by atoms with Crippen molar-refractivity contribution < 1.29 is 19.0 Å². The van der Waals surface area contributed by atoms with Crippen LogP contribution in [-0.2, 0) is 16.1 Å². The van der Waals surface area contributed by atoms with Gasteiger partial charge in [-0.3, -0.25) is 9.36 Å². The maximum atomic E-state index is 13.9. The SMILES string of the molecule is CCOC(=O)C1=C(C)N=c2s/c(=C/c3ccc(OCc4cccc5ccccc45)cc3)c(=O)n2C1c1ccccc1OC. The van der Waals surface area contributed by atoms with Gasteiger partial charge >= 0.3 is 5.97 Å². The summed E-state index contributed by atoms with van der Waals surface area (Å²) in [6, 6.07) is 28.7. The van der Waals surface area contributed by atoms with Gasteiger partial charge in [0.2, 0.25) is 0 Å². The van der Waals surface area contributed by atoms with E-state index in [2.05, 4.69) is 29.3 Å². The van der Waals surface area contributed by atoms with Crippen molar-refractivity contribution in [2.24, 2.45) is 4.99 Å². The van der Waals surface area contributed by atoms with E-state index in [9.17, 15) is 9.59 Å².